The zero-order valence-corrected chi connectivity index (χ0v) is 10.9. The Morgan fingerprint density at radius 2 is 2.39 bits per heavy atom. The van der Waals surface area contributed by atoms with Gasteiger partial charge in [0.25, 0.3) is 0 Å². The molecule has 3 heterocycles. The van der Waals surface area contributed by atoms with Crippen molar-refractivity contribution in [2.24, 2.45) is 5.92 Å². The Kier molecular flexibility index (Phi) is 2.48. The Balaban J connectivity index is 1.61. The molecule has 0 spiro atoms. The fourth-order valence-electron chi connectivity index (χ4n) is 2.52. The van der Waals surface area contributed by atoms with Gasteiger partial charge in [-0.05, 0) is 42.2 Å². The lowest BCUT2D eigenvalue weighted by Gasteiger charge is -2.20. The molecule has 0 amide bonds. The second-order valence-corrected chi connectivity index (χ2v) is 6.13. The topological polar surface area (TPSA) is 51.0 Å². The number of nitrogens with zero attached hydrogens (tertiary/aromatic N) is 2. The molecule has 0 radical (unpaired) electrons. The van der Waals surface area contributed by atoms with Crippen LogP contribution in [-0.4, -0.2) is 16.7 Å². The first-order chi connectivity index (χ1) is 8.90. The number of nitrogens with one attached hydrogen (secondary N) is 1. The second-order valence-electron chi connectivity index (χ2n) is 5.13. The van der Waals surface area contributed by atoms with Gasteiger partial charge in [0.05, 0.1) is 0 Å². The third-order valence-corrected chi connectivity index (χ3v) is 4.69. The first kappa shape index (κ1) is 10.7. The summed E-state index contributed by atoms with van der Waals surface area (Å²) in [7, 11) is 0. The maximum absolute atomic E-state index is 5.44. The van der Waals surface area contributed by atoms with Crippen LogP contribution < -0.4 is 5.32 Å². The molecule has 94 valence electrons. The van der Waals surface area contributed by atoms with Gasteiger partial charge in [-0.15, -0.1) is 11.3 Å². The molecule has 0 bridgehead atoms. The fraction of sp³-hybridized carbons (Fsp3) is 0.538. The van der Waals surface area contributed by atoms with Crippen LogP contribution in [0.4, 0.5) is 0 Å². The largest absolute Gasteiger partial charge is 0.337 e. The summed E-state index contributed by atoms with van der Waals surface area (Å²) in [6, 6.07) is 2.27. The summed E-state index contributed by atoms with van der Waals surface area (Å²) in [5.74, 6) is 2.40. The SMILES string of the molecule is c1cc2c(s1)CCNC2c1nc(CC2CC2)no1. The van der Waals surface area contributed by atoms with Gasteiger partial charge in [0.15, 0.2) is 5.82 Å². The molecule has 18 heavy (non-hydrogen) atoms. The maximum Gasteiger partial charge on any atom is 0.248 e. The normalized spacial score (nSPS) is 23.0. The van der Waals surface area contributed by atoms with E-state index in [0.29, 0.717) is 0 Å². The van der Waals surface area contributed by atoms with E-state index < -0.39 is 0 Å². The molecule has 0 aromatic carbocycles. The van der Waals surface area contributed by atoms with Gasteiger partial charge in [-0.3, -0.25) is 0 Å². The lowest BCUT2D eigenvalue weighted by atomic mass is 10.0. The van der Waals surface area contributed by atoms with Crippen LogP contribution in [0.1, 0.15) is 41.0 Å². The highest BCUT2D eigenvalue weighted by molar-refractivity contribution is 7.10. The van der Waals surface area contributed by atoms with Crippen molar-refractivity contribution in [3.63, 3.8) is 0 Å². The molecule has 1 N–H and O–H groups in total. The first-order valence-corrected chi connectivity index (χ1v) is 7.40. The molecule has 2 aliphatic rings. The minimum atomic E-state index is 0.0976. The number of rotatable bonds is 3. The molecular weight excluding hydrogens is 246 g/mol. The predicted octanol–water partition coefficient (Wildman–Crippen LogP) is 2.32. The third kappa shape index (κ3) is 1.87. The van der Waals surface area contributed by atoms with Gasteiger partial charge in [0.2, 0.25) is 5.89 Å². The Hall–Kier alpha value is -1.20. The van der Waals surface area contributed by atoms with Crippen molar-refractivity contribution in [3.8, 4) is 0 Å². The van der Waals surface area contributed by atoms with Gasteiger partial charge in [0.1, 0.15) is 6.04 Å². The number of thiophene rings is 1. The van der Waals surface area contributed by atoms with Crippen molar-refractivity contribution in [3.05, 3.63) is 33.6 Å². The van der Waals surface area contributed by atoms with E-state index in [9.17, 15) is 0 Å². The monoisotopic (exact) mass is 261 g/mol. The Labute approximate surface area is 109 Å². The van der Waals surface area contributed by atoms with Crippen LogP contribution >= 0.6 is 11.3 Å². The average Bonchev–Trinajstić information content (AvgIpc) is 2.91. The van der Waals surface area contributed by atoms with E-state index in [-0.39, 0.29) is 6.04 Å². The predicted molar refractivity (Wildman–Crippen MR) is 68.6 cm³/mol. The van der Waals surface area contributed by atoms with E-state index in [1.165, 1.54) is 23.3 Å². The van der Waals surface area contributed by atoms with Crippen LogP contribution in [0.25, 0.3) is 0 Å². The quantitative estimate of drug-likeness (QED) is 0.921. The summed E-state index contributed by atoms with van der Waals surface area (Å²) >= 11 is 1.82. The van der Waals surface area contributed by atoms with Crippen LogP contribution in [0.15, 0.2) is 16.0 Å². The van der Waals surface area contributed by atoms with Gasteiger partial charge >= 0.3 is 0 Å². The van der Waals surface area contributed by atoms with Crippen LogP contribution in [0, 0.1) is 5.92 Å². The van der Waals surface area contributed by atoms with E-state index in [1.54, 1.807) is 0 Å². The van der Waals surface area contributed by atoms with E-state index >= 15 is 0 Å². The molecule has 1 saturated carbocycles. The van der Waals surface area contributed by atoms with E-state index in [4.69, 9.17) is 4.52 Å². The first-order valence-electron chi connectivity index (χ1n) is 6.52. The highest BCUT2D eigenvalue weighted by Gasteiger charge is 2.29. The molecular formula is C13H15N3OS. The van der Waals surface area contributed by atoms with Crippen LogP contribution in [0.2, 0.25) is 0 Å². The molecule has 2 aromatic rings. The molecule has 1 fully saturated rings. The van der Waals surface area contributed by atoms with Crippen molar-refractivity contribution in [2.75, 3.05) is 6.54 Å². The lowest BCUT2D eigenvalue weighted by Crippen LogP contribution is -2.29. The summed E-state index contributed by atoms with van der Waals surface area (Å²) in [5, 5.41) is 9.72. The summed E-state index contributed by atoms with van der Waals surface area (Å²) < 4.78 is 5.44. The van der Waals surface area contributed by atoms with Crippen molar-refractivity contribution >= 4 is 11.3 Å². The summed E-state index contributed by atoms with van der Waals surface area (Å²) in [6.07, 6.45) is 4.72. The number of hydrogen-bond acceptors (Lipinski definition) is 5. The van der Waals surface area contributed by atoms with Crippen molar-refractivity contribution in [1.29, 1.82) is 0 Å². The van der Waals surface area contributed by atoms with Crippen LogP contribution in [-0.2, 0) is 12.8 Å². The molecule has 1 unspecified atom stereocenters. The van der Waals surface area contributed by atoms with Gasteiger partial charge in [-0.2, -0.15) is 4.98 Å². The van der Waals surface area contributed by atoms with E-state index in [1.807, 2.05) is 11.3 Å². The summed E-state index contributed by atoms with van der Waals surface area (Å²) in [4.78, 5) is 6.00. The lowest BCUT2D eigenvalue weighted by molar-refractivity contribution is 0.340. The van der Waals surface area contributed by atoms with Crippen LogP contribution in [0.3, 0.4) is 0 Å². The number of aromatic nitrogens is 2. The maximum atomic E-state index is 5.44. The van der Waals surface area contributed by atoms with Crippen molar-refractivity contribution in [1.82, 2.24) is 15.5 Å². The molecule has 1 aliphatic carbocycles. The zero-order chi connectivity index (χ0) is 11.9. The summed E-state index contributed by atoms with van der Waals surface area (Å²) in [6.45, 7) is 0.985. The molecule has 4 rings (SSSR count). The average molecular weight is 261 g/mol. The molecule has 0 saturated heterocycles. The fourth-order valence-corrected chi connectivity index (χ4v) is 3.44. The Morgan fingerprint density at radius 1 is 1.44 bits per heavy atom. The molecule has 1 atom stereocenters. The minimum absolute atomic E-state index is 0.0976. The molecule has 4 nitrogen and oxygen atoms in total. The molecule has 1 aliphatic heterocycles. The van der Waals surface area contributed by atoms with Gasteiger partial charge in [0, 0.05) is 17.8 Å². The molecule has 2 aromatic heterocycles. The van der Waals surface area contributed by atoms with Gasteiger partial charge in [-0.1, -0.05) is 5.16 Å². The third-order valence-electron chi connectivity index (χ3n) is 3.69. The number of fused-ring (bicyclic) bond motifs is 1. The van der Waals surface area contributed by atoms with E-state index in [2.05, 4.69) is 26.9 Å². The summed E-state index contributed by atoms with van der Waals surface area (Å²) in [5.41, 5.74) is 1.31. The van der Waals surface area contributed by atoms with Crippen molar-refractivity contribution < 1.29 is 4.52 Å². The van der Waals surface area contributed by atoms with Gasteiger partial charge < -0.3 is 9.84 Å². The van der Waals surface area contributed by atoms with Gasteiger partial charge in [-0.25, -0.2) is 0 Å². The number of hydrogen-bond donors (Lipinski definition) is 1. The highest BCUT2D eigenvalue weighted by Crippen LogP contribution is 2.33. The van der Waals surface area contributed by atoms with Crippen molar-refractivity contribution in [2.45, 2.75) is 31.7 Å². The smallest absolute Gasteiger partial charge is 0.248 e. The highest BCUT2D eigenvalue weighted by atomic mass is 32.1. The Bertz CT molecular complexity index is 558. The second kappa shape index (κ2) is 4.17. The van der Waals surface area contributed by atoms with Crippen LogP contribution in [0.5, 0.6) is 0 Å². The zero-order valence-electron chi connectivity index (χ0n) is 10.1. The Morgan fingerprint density at radius 3 is 3.28 bits per heavy atom. The standard InChI is InChI=1S/C13H15N3OS/c1-2-8(1)7-11-15-13(17-16-11)12-9-4-6-18-10(9)3-5-14-12/h4,6,8,12,14H,1-3,5,7H2. The molecule has 5 heteroatoms. The minimum Gasteiger partial charge on any atom is -0.337 e. The van der Waals surface area contributed by atoms with E-state index in [0.717, 1.165) is 37.0 Å².